The summed E-state index contributed by atoms with van der Waals surface area (Å²) in [4.78, 5) is 0. The van der Waals surface area contributed by atoms with Gasteiger partial charge in [0.2, 0.25) is 0 Å². The van der Waals surface area contributed by atoms with Gasteiger partial charge in [-0.3, -0.25) is 0 Å². The molecule has 0 radical (unpaired) electrons. The lowest BCUT2D eigenvalue weighted by molar-refractivity contribution is 0.00578. The highest BCUT2D eigenvalue weighted by molar-refractivity contribution is 6.62. The fraction of sp³-hybridized carbons (Fsp3) is 0.226. The van der Waals surface area contributed by atoms with E-state index >= 15 is 0 Å². The second-order valence-electron chi connectivity index (χ2n) is 10.8. The zero-order chi connectivity index (χ0) is 23.3. The maximum atomic E-state index is 6.41. The van der Waals surface area contributed by atoms with Crippen LogP contribution < -0.4 is 5.46 Å². The number of fused-ring (bicyclic) bond motifs is 10. The van der Waals surface area contributed by atoms with Gasteiger partial charge in [-0.25, -0.2) is 0 Å². The molecule has 1 spiro atoms. The molecule has 0 aromatic heterocycles. The van der Waals surface area contributed by atoms with Gasteiger partial charge in [-0.2, -0.15) is 0 Å². The van der Waals surface area contributed by atoms with Gasteiger partial charge in [0.05, 0.1) is 16.6 Å². The predicted octanol–water partition coefficient (Wildman–Crippen LogP) is 6.33. The molecule has 0 bridgehead atoms. The van der Waals surface area contributed by atoms with Crippen LogP contribution in [0.5, 0.6) is 0 Å². The summed E-state index contributed by atoms with van der Waals surface area (Å²) in [6.07, 6.45) is 0. The maximum absolute atomic E-state index is 6.41. The largest absolute Gasteiger partial charge is 0.494 e. The van der Waals surface area contributed by atoms with Crippen molar-refractivity contribution in [3.8, 4) is 22.3 Å². The van der Waals surface area contributed by atoms with E-state index in [9.17, 15) is 0 Å². The average molecular weight is 442 g/mol. The normalized spacial score (nSPS) is 19.6. The molecule has 7 rings (SSSR count). The van der Waals surface area contributed by atoms with Crippen LogP contribution in [0.1, 0.15) is 49.9 Å². The molecule has 34 heavy (non-hydrogen) atoms. The molecule has 1 saturated heterocycles. The first-order chi connectivity index (χ1) is 16.3. The third-order valence-corrected chi connectivity index (χ3v) is 8.55. The monoisotopic (exact) mass is 442 g/mol. The standard InChI is InChI=1S/C31H27BO2/c1-29(2)30(3,4)34-32(33-29)20-17-18-28-24(19-20)23-13-7-10-16-27(23)31(28)25-14-8-5-11-21(25)22-12-6-9-15-26(22)31/h5-19H,1-4H3. The summed E-state index contributed by atoms with van der Waals surface area (Å²) in [7, 11) is -0.373. The van der Waals surface area contributed by atoms with Crippen LogP contribution >= 0.6 is 0 Å². The zero-order valence-electron chi connectivity index (χ0n) is 20.1. The van der Waals surface area contributed by atoms with E-state index in [0.717, 1.165) is 5.46 Å². The Morgan fingerprint density at radius 1 is 0.500 bits per heavy atom. The molecule has 166 valence electrons. The van der Waals surface area contributed by atoms with Gasteiger partial charge in [-0.15, -0.1) is 0 Å². The van der Waals surface area contributed by atoms with Gasteiger partial charge in [0, 0.05) is 0 Å². The Balaban J connectivity index is 1.50. The second-order valence-corrected chi connectivity index (χ2v) is 10.8. The van der Waals surface area contributed by atoms with Crippen molar-refractivity contribution in [3.05, 3.63) is 113 Å². The van der Waals surface area contributed by atoms with Crippen molar-refractivity contribution in [1.29, 1.82) is 0 Å². The van der Waals surface area contributed by atoms with Gasteiger partial charge >= 0.3 is 7.12 Å². The third kappa shape index (κ3) is 2.34. The smallest absolute Gasteiger partial charge is 0.399 e. The quantitative estimate of drug-likeness (QED) is 0.277. The van der Waals surface area contributed by atoms with E-state index in [4.69, 9.17) is 9.31 Å². The Morgan fingerprint density at radius 3 is 1.41 bits per heavy atom. The molecule has 1 aliphatic heterocycles. The molecule has 0 atom stereocenters. The zero-order valence-corrected chi connectivity index (χ0v) is 20.1. The van der Waals surface area contributed by atoms with Crippen molar-refractivity contribution in [3.63, 3.8) is 0 Å². The van der Waals surface area contributed by atoms with Crippen molar-refractivity contribution in [1.82, 2.24) is 0 Å². The van der Waals surface area contributed by atoms with Crippen molar-refractivity contribution in [2.24, 2.45) is 0 Å². The Hall–Kier alpha value is -3.14. The van der Waals surface area contributed by atoms with Gasteiger partial charge in [-0.1, -0.05) is 91.0 Å². The van der Waals surface area contributed by atoms with E-state index in [0.29, 0.717) is 0 Å². The lowest BCUT2D eigenvalue weighted by Gasteiger charge is -2.32. The summed E-state index contributed by atoms with van der Waals surface area (Å²) < 4.78 is 12.8. The van der Waals surface area contributed by atoms with Crippen LogP contribution in [0.25, 0.3) is 22.3 Å². The molecule has 3 aliphatic rings. The van der Waals surface area contributed by atoms with Gasteiger partial charge < -0.3 is 9.31 Å². The van der Waals surface area contributed by atoms with Crippen molar-refractivity contribution in [2.45, 2.75) is 44.3 Å². The highest BCUT2D eigenvalue weighted by Crippen LogP contribution is 2.62. The van der Waals surface area contributed by atoms with Crippen LogP contribution in [0.4, 0.5) is 0 Å². The number of hydrogen-bond acceptors (Lipinski definition) is 2. The summed E-state index contributed by atoms with van der Waals surface area (Å²) in [5.41, 5.74) is 10.7. The molecule has 2 nitrogen and oxygen atoms in total. The minimum Gasteiger partial charge on any atom is -0.399 e. The summed E-state index contributed by atoms with van der Waals surface area (Å²) in [5.74, 6) is 0. The topological polar surface area (TPSA) is 18.5 Å². The van der Waals surface area contributed by atoms with Crippen LogP contribution in [0.2, 0.25) is 0 Å². The summed E-state index contributed by atoms with van der Waals surface area (Å²) in [5, 5.41) is 0. The molecule has 4 aromatic carbocycles. The lowest BCUT2D eigenvalue weighted by Crippen LogP contribution is -2.41. The molecule has 2 aliphatic carbocycles. The molecule has 0 unspecified atom stereocenters. The van der Waals surface area contributed by atoms with Crippen molar-refractivity contribution < 1.29 is 9.31 Å². The predicted molar refractivity (Wildman–Crippen MR) is 138 cm³/mol. The lowest BCUT2D eigenvalue weighted by atomic mass is 9.69. The second kappa shape index (κ2) is 6.50. The fourth-order valence-electron chi connectivity index (χ4n) is 6.24. The third-order valence-electron chi connectivity index (χ3n) is 8.55. The van der Waals surface area contributed by atoms with Crippen LogP contribution in [0, 0.1) is 0 Å². The van der Waals surface area contributed by atoms with Crippen molar-refractivity contribution >= 4 is 12.6 Å². The van der Waals surface area contributed by atoms with Crippen LogP contribution in [0.15, 0.2) is 91.0 Å². The Kier molecular flexibility index (Phi) is 3.87. The molecule has 1 heterocycles. The molecule has 0 amide bonds. The van der Waals surface area contributed by atoms with Gasteiger partial charge in [0.25, 0.3) is 0 Å². The van der Waals surface area contributed by atoms with E-state index in [-0.39, 0.29) is 23.7 Å². The minimum absolute atomic E-state index is 0.298. The molecular formula is C31H27BO2. The van der Waals surface area contributed by atoms with E-state index in [2.05, 4.69) is 119 Å². The molecule has 0 N–H and O–H groups in total. The van der Waals surface area contributed by atoms with Gasteiger partial charge in [-0.05, 0) is 77.7 Å². The summed E-state index contributed by atoms with van der Waals surface area (Å²) in [6, 6.07) is 33.5. The van der Waals surface area contributed by atoms with E-state index in [1.165, 1.54) is 44.5 Å². The summed E-state index contributed by atoms with van der Waals surface area (Å²) >= 11 is 0. The molecule has 1 fully saturated rings. The summed E-state index contributed by atoms with van der Waals surface area (Å²) in [6.45, 7) is 8.43. The van der Waals surface area contributed by atoms with Crippen LogP contribution in [0.3, 0.4) is 0 Å². The highest BCUT2D eigenvalue weighted by Gasteiger charge is 2.54. The Bertz CT molecular complexity index is 1420. The van der Waals surface area contributed by atoms with Gasteiger partial charge in [0.15, 0.2) is 0 Å². The maximum Gasteiger partial charge on any atom is 0.494 e. The molecular weight excluding hydrogens is 415 g/mol. The van der Waals surface area contributed by atoms with Crippen molar-refractivity contribution in [2.75, 3.05) is 0 Å². The SMILES string of the molecule is CC1(C)OB(c2ccc3c(c2)-c2ccccc2C32c3ccccc3-c3ccccc32)OC1(C)C. The Morgan fingerprint density at radius 2 is 0.912 bits per heavy atom. The number of benzene rings is 4. The molecule has 4 aromatic rings. The highest BCUT2D eigenvalue weighted by atomic mass is 16.7. The fourth-order valence-corrected chi connectivity index (χ4v) is 6.24. The van der Waals surface area contributed by atoms with Gasteiger partial charge in [0.1, 0.15) is 0 Å². The molecule has 3 heteroatoms. The minimum atomic E-state index is -0.373. The van der Waals surface area contributed by atoms with E-state index in [1.54, 1.807) is 0 Å². The van der Waals surface area contributed by atoms with E-state index in [1.807, 2.05) is 0 Å². The first kappa shape index (κ1) is 20.3. The number of hydrogen-bond donors (Lipinski definition) is 0. The first-order valence-electron chi connectivity index (χ1n) is 12.1. The molecule has 0 saturated carbocycles. The Labute approximate surface area is 201 Å². The average Bonchev–Trinajstić information content (AvgIpc) is 3.39. The number of rotatable bonds is 1. The van der Waals surface area contributed by atoms with E-state index < -0.39 is 0 Å². The first-order valence-corrected chi connectivity index (χ1v) is 12.1. The van der Waals surface area contributed by atoms with Crippen LogP contribution in [-0.4, -0.2) is 18.3 Å². The van der Waals surface area contributed by atoms with Crippen LogP contribution in [-0.2, 0) is 14.7 Å².